The molecule has 0 heterocycles. The molecule has 0 atom stereocenters. The summed E-state index contributed by atoms with van der Waals surface area (Å²) in [7, 11) is 1.72. The highest BCUT2D eigenvalue weighted by atomic mass is 16.6. The second-order valence-electron chi connectivity index (χ2n) is 4.43. The van der Waals surface area contributed by atoms with Gasteiger partial charge in [-0.15, -0.1) is 0 Å². The molecule has 1 aromatic carbocycles. The van der Waals surface area contributed by atoms with Gasteiger partial charge in [-0.3, -0.25) is 10.1 Å². The zero-order chi connectivity index (χ0) is 12.4. The van der Waals surface area contributed by atoms with Crippen molar-refractivity contribution in [3.05, 3.63) is 33.9 Å². The molecule has 1 aromatic rings. The number of rotatable bonds is 4. The molecule has 0 radical (unpaired) electrons. The van der Waals surface area contributed by atoms with Crippen LogP contribution in [0.3, 0.4) is 0 Å². The third-order valence-electron chi connectivity index (χ3n) is 3.19. The third-order valence-corrected chi connectivity index (χ3v) is 3.19. The van der Waals surface area contributed by atoms with E-state index in [0.717, 1.165) is 18.5 Å². The Hall–Kier alpha value is -1.62. The van der Waals surface area contributed by atoms with E-state index in [0.29, 0.717) is 17.7 Å². The van der Waals surface area contributed by atoms with E-state index < -0.39 is 0 Å². The number of hydrogen-bond acceptors (Lipinski definition) is 4. The predicted molar refractivity (Wildman–Crippen MR) is 65.3 cm³/mol. The molecule has 1 saturated carbocycles. The largest absolute Gasteiger partial charge is 0.382 e. The van der Waals surface area contributed by atoms with Crippen molar-refractivity contribution in [1.82, 2.24) is 0 Å². The lowest BCUT2D eigenvalue weighted by Gasteiger charge is -2.35. The van der Waals surface area contributed by atoms with Gasteiger partial charge in [0.05, 0.1) is 11.0 Å². The van der Waals surface area contributed by atoms with Gasteiger partial charge in [-0.2, -0.15) is 0 Å². The molecule has 1 fully saturated rings. The Morgan fingerprint density at radius 3 is 2.71 bits per heavy atom. The third kappa shape index (κ3) is 2.55. The molecule has 5 nitrogen and oxygen atoms in total. The zero-order valence-corrected chi connectivity index (χ0v) is 9.97. The maximum atomic E-state index is 10.7. The van der Waals surface area contributed by atoms with Crippen molar-refractivity contribution >= 4 is 11.4 Å². The van der Waals surface area contributed by atoms with Crippen LogP contribution in [-0.4, -0.2) is 24.2 Å². The van der Waals surface area contributed by atoms with Crippen LogP contribution in [0.1, 0.15) is 18.4 Å². The summed E-state index contributed by atoms with van der Waals surface area (Å²) in [5.41, 5.74) is 1.79. The minimum absolute atomic E-state index is 0.166. The number of benzene rings is 1. The number of nitrogens with one attached hydrogen (secondary N) is 1. The molecule has 92 valence electrons. The lowest BCUT2D eigenvalue weighted by Crippen LogP contribution is -2.40. The van der Waals surface area contributed by atoms with Crippen molar-refractivity contribution in [2.45, 2.75) is 31.9 Å². The van der Waals surface area contributed by atoms with Gasteiger partial charge in [0.25, 0.3) is 5.69 Å². The van der Waals surface area contributed by atoms with Crippen LogP contribution in [0.15, 0.2) is 18.2 Å². The van der Waals surface area contributed by atoms with Gasteiger partial charge in [-0.1, -0.05) is 0 Å². The average Bonchev–Trinajstić information content (AvgIpc) is 2.22. The van der Waals surface area contributed by atoms with Gasteiger partial charge >= 0.3 is 0 Å². The molecule has 1 aliphatic rings. The number of hydrogen-bond donors (Lipinski definition) is 1. The summed E-state index contributed by atoms with van der Waals surface area (Å²) in [5.74, 6) is 0. The Labute approximate surface area is 99.9 Å². The van der Waals surface area contributed by atoms with E-state index in [9.17, 15) is 10.1 Å². The molecule has 0 unspecified atom stereocenters. The molecule has 0 saturated heterocycles. The highest BCUT2D eigenvalue weighted by molar-refractivity contribution is 5.54. The molecule has 2 rings (SSSR count). The summed E-state index contributed by atoms with van der Waals surface area (Å²) in [5, 5.41) is 14.0. The van der Waals surface area contributed by atoms with Crippen LogP contribution in [-0.2, 0) is 4.74 Å². The molecule has 17 heavy (non-hydrogen) atoms. The normalized spacial score (nSPS) is 22.9. The molecule has 0 spiro atoms. The fourth-order valence-corrected chi connectivity index (χ4v) is 2.06. The fourth-order valence-electron chi connectivity index (χ4n) is 2.06. The van der Waals surface area contributed by atoms with Crippen LogP contribution >= 0.6 is 0 Å². The summed E-state index contributed by atoms with van der Waals surface area (Å²) >= 11 is 0. The van der Waals surface area contributed by atoms with E-state index in [1.807, 2.05) is 6.07 Å². The van der Waals surface area contributed by atoms with Crippen molar-refractivity contribution in [2.75, 3.05) is 12.4 Å². The number of nitrogens with zero attached hydrogens (tertiary/aromatic N) is 1. The van der Waals surface area contributed by atoms with Gasteiger partial charge < -0.3 is 10.1 Å². The van der Waals surface area contributed by atoms with Crippen molar-refractivity contribution in [2.24, 2.45) is 0 Å². The first-order valence-corrected chi connectivity index (χ1v) is 5.64. The highest BCUT2D eigenvalue weighted by Gasteiger charge is 2.28. The second kappa shape index (κ2) is 4.71. The minimum atomic E-state index is -0.358. The van der Waals surface area contributed by atoms with Gasteiger partial charge in [0, 0.05) is 30.5 Å². The Bertz CT molecular complexity index is 428. The monoisotopic (exact) mass is 236 g/mol. The molecule has 5 heteroatoms. The zero-order valence-electron chi connectivity index (χ0n) is 9.97. The lowest BCUT2D eigenvalue weighted by atomic mass is 9.89. The molecule has 1 N–H and O–H groups in total. The maximum absolute atomic E-state index is 10.7. The van der Waals surface area contributed by atoms with Crippen molar-refractivity contribution in [3.8, 4) is 0 Å². The van der Waals surface area contributed by atoms with Gasteiger partial charge in [0.1, 0.15) is 0 Å². The summed E-state index contributed by atoms with van der Waals surface area (Å²) < 4.78 is 5.20. The van der Waals surface area contributed by atoms with Crippen LogP contribution in [0.4, 0.5) is 11.4 Å². The van der Waals surface area contributed by atoms with Crippen molar-refractivity contribution in [1.29, 1.82) is 0 Å². The number of ether oxygens (including phenoxy) is 1. The van der Waals surface area contributed by atoms with E-state index in [-0.39, 0.29) is 10.6 Å². The maximum Gasteiger partial charge on any atom is 0.272 e. The number of methoxy groups -OCH3 is 1. The van der Waals surface area contributed by atoms with Gasteiger partial charge in [-0.25, -0.2) is 0 Å². The molecule has 0 aliphatic heterocycles. The standard InChI is InChI=1S/C12H16N2O3/c1-8-5-9(3-4-12(8)14(15)16)13-10-6-11(7-10)17-2/h3-5,10-11,13H,6-7H2,1-2H3. The SMILES string of the molecule is COC1CC(Nc2ccc([N+](=O)[O-])c(C)c2)C1. The van der Waals surface area contributed by atoms with Crippen molar-refractivity contribution < 1.29 is 9.66 Å². The number of anilines is 1. The first-order chi connectivity index (χ1) is 8.10. The number of aryl methyl sites for hydroxylation is 1. The minimum Gasteiger partial charge on any atom is -0.382 e. The van der Waals surface area contributed by atoms with Gasteiger partial charge in [-0.05, 0) is 31.9 Å². The summed E-state index contributed by atoms with van der Waals surface area (Å²) in [4.78, 5) is 10.3. The Morgan fingerprint density at radius 1 is 1.47 bits per heavy atom. The van der Waals surface area contributed by atoms with E-state index in [4.69, 9.17) is 4.74 Å². The first kappa shape index (κ1) is 11.9. The molecule has 0 aromatic heterocycles. The van der Waals surface area contributed by atoms with Crippen LogP contribution in [0.2, 0.25) is 0 Å². The Kier molecular flexibility index (Phi) is 3.28. The van der Waals surface area contributed by atoms with E-state index >= 15 is 0 Å². The van der Waals surface area contributed by atoms with Gasteiger partial charge in [0.15, 0.2) is 0 Å². The first-order valence-electron chi connectivity index (χ1n) is 5.64. The van der Waals surface area contributed by atoms with Crippen molar-refractivity contribution in [3.63, 3.8) is 0 Å². The van der Waals surface area contributed by atoms with Crippen LogP contribution in [0, 0.1) is 17.0 Å². The smallest absolute Gasteiger partial charge is 0.272 e. The van der Waals surface area contributed by atoms with E-state index in [1.54, 1.807) is 26.2 Å². The summed E-state index contributed by atoms with van der Waals surface area (Å²) in [6.45, 7) is 1.75. The molecule has 0 amide bonds. The molecule has 0 bridgehead atoms. The summed E-state index contributed by atoms with van der Waals surface area (Å²) in [6, 6.07) is 5.54. The molecular formula is C12H16N2O3. The van der Waals surface area contributed by atoms with Crippen LogP contribution < -0.4 is 5.32 Å². The number of nitro benzene ring substituents is 1. The molecular weight excluding hydrogens is 220 g/mol. The second-order valence-corrected chi connectivity index (χ2v) is 4.43. The quantitative estimate of drug-likeness (QED) is 0.644. The highest BCUT2D eigenvalue weighted by Crippen LogP contribution is 2.28. The predicted octanol–water partition coefficient (Wildman–Crippen LogP) is 2.49. The van der Waals surface area contributed by atoms with E-state index in [1.165, 1.54) is 0 Å². The lowest BCUT2D eigenvalue weighted by molar-refractivity contribution is -0.385. The van der Waals surface area contributed by atoms with Crippen LogP contribution in [0.5, 0.6) is 0 Å². The van der Waals surface area contributed by atoms with E-state index in [2.05, 4.69) is 5.32 Å². The fraction of sp³-hybridized carbons (Fsp3) is 0.500. The average molecular weight is 236 g/mol. The molecule has 1 aliphatic carbocycles. The van der Waals surface area contributed by atoms with Gasteiger partial charge in [0.2, 0.25) is 0 Å². The Balaban J connectivity index is 1.99. The Morgan fingerprint density at radius 2 is 2.18 bits per heavy atom. The topological polar surface area (TPSA) is 64.4 Å². The van der Waals surface area contributed by atoms with Crippen LogP contribution in [0.25, 0.3) is 0 Å². The number of nitro groups is 1. The summed E-state index contributed by atoms with van der Waals surface area (Å²) in [6.07, 6.45) is 2.34.